The number of rotatable bonds is 3. The smallest absolute Gasteiger partial charge is 0.433 e. The zero-order chi connectivity index (χ0) is 14.8. The van der Waals surface area contributed by atoms with Crippen molar-refractivity contribution in [3.63, 3.8) is 0 Å². The molecule has 0 saturated heterocycles. The van der Waals surface area contributed by atoms with Crippen LogP contribution in [0.15, 0.2) is 41.1 Å². The highest BCUT2D eigenvalue weighted by atomic mass is 19.4. The first-order valence-electron chi connectivity index (χ1n) is 5.75. The number of nitrogens with zero attached hydrogens (tertiary/aromatic N) is 1. The molecule has 0 radical (unpaired) electrons. The van der Waals surface area contributed by atoms with Crippen molar-refractivity contribution in [3.05, 3.63) is 53.7 Å². The van der Waals surface area contributed by atoms with Crippen molar-refractivity contribution < 1.29 is 22.4 Å². The molecule has 2 aromatic rings. The van der Waals surface area contributed by atoms with E-state index in [2.05, 4.69) is 10.3 Å². The zero-order valence-electron chi connectivity index (χ0n) is 10.4. The third-order valence-electron chi connectivity index (χ3n) is 2.63. The maximum absolute atomic E-state index is 12.3. The van der Waals surface area contributed by atoms with Gasteiger partial charge in [0.1, 0.15) is 11.5 Å². The highest BCUT2D eigenvalue weighted by Crippen LogP contribution is 2.27. The van der Waals surface area contributed by atoms with E-state index in [9.17, 15) is 18.0 Å². The molecule has 0 aliphatic heterocycles. The number of furan rings is 1. The number of nitrogens with one attached hydrogen (secondary N) is 1. The lowest BCUT2D eigenvalue weighted by molar-refractivity contribution is -0.141. The summed E-state index contributed by atoms with van der Waals surface area (Å²) in [6.07, 6.45) is -2.15. The Morgan fingerprint density at radius 3 is 2.60 bits per heavy atom. The van der Waals surface area contributed by atoms with E-state index >= 15 is 0 Å². The largest absolute Gasteiger partial charge is 0.467 e. The van der Waals surface area contributed by atoms with Crippen molar-refractivity contribution >= 4 is 5.91 Å². The molecule has 7 heteroatoms. The molecular formula is C13H11F3N2O2. The normalized spacial score (nSPS) is 13.0. The first-order valence-corrected chi connectivity index (χ1v) is 5.75. The second-order valence-electron chi connectivity index (χ2n) is 4.14. The summed E-state index contributed by atoms with van der Waals surface area (Å²) < 4.78 is 42.1. The van der Waals surface area contributed by atoms with E-state index < -0.39 is 17.8 Å². The standard InChI is InChI=1S/C13H11F3N2O2/c1-8(10-3-2-6-20-10)18-12(19)9-4-5-11(17-7-9)13(14,15)16/h2-8H,1H3,(H,18,19)/t8-/m1/s1. The molecule has 0 aromatic carbocycles. The summed E-state index contributed by atoms with van der Waals surface area (Å²) in [5, 5.41) is 2.60. The summed E-state index contributed by atoms with van der Waals surface area (Å²) in [4.78, 5) is 15.1. The molecule has 0 saturated carbocycles. The zero-order valence-corrected chi connectivity index (χ0v) is 10.4. The number of hydrogen-bond acceptors (Lipinski definition) is 3. The maximum Gasteiger partial charge on any atom is 0.433 e. The van der Waals surface area contributed by atoms with E-state index in [0.717, 1.165) is 18.3 Å². The first kappa shape index (κ1) is 14.1. The van der Waals surface area contributed by atoms with Gasteiger partial charge in [-0.05, 0) is 31.2 Å². The number of halogens is 3. The fraction of sp³-hybridized carbons (Fsp3) is 0.231. The molecule has 0 bridgehead atoms. The van der Waals surface area contributed by atoms with E-state index in [1.54, 1.807) is 19.1 Å². The average molecular weight is 284 g/mol. The summed E-state index contributed by atoms with van der Waals surface area (Å²) in [5.74, 6) is 0.0355. The Labute approximate surface area is 112 Å². The molecule has 1 atom stereocenters. The van der Waals surface area contributed by atoms with Crippen LogP contribution >= 0.6 is 0 Å². The summed E-state index contributed by atoms with van der Waals surface area (Å²) in [5.41, 5.74) is -0.982. The number of hydrogen-bond donors (Lipinski definition) is 1. The van der Waals surface area contributed by atoms with Crippen LogP contribution in [0.25, 0.3) is 0 Å². The summed E-state index contributed by atoms with van der Waals surface area (Å²) >= 11 is 0. The van der Waals surface area contributed by atoms with Gasteiger partial charge in [-0.1, -0.05) is 0 Å². The number of amides is 1. The van der Waals surface area contributed by atoms with Crippen LogP contribution in [0.1, 0.15) is 34.8 Å². The van der Waals surface area contributed by atoms with Gasteiger partial charge in [0.05, 0.1) is 17.9 Å². The Morgan fingerprint density at radius 2 is 2.10 bits per heavy atom. The van der Waals surface area contributed by atoms with Gasteiger partial charge in [0, 0.05) is 6.20 Å². The highest BCUT2D eigenvalue weighted by Gasteiger charge is 2.32. The molecule has 20 heavy (non-hydrogen) atoms. The molecule has 0 spiro atoms. The number of carbonyl (C=O) groups is 1. The van der Waals surface area contributed by atoms with Crippen LogP contribution in [-0.2, 0) is 6.18 Å². The average Bonchev–Trinajstić information content (AvgIpc) is 2.91. The van der Waals surface area contributed by atoms with Crippen molar-refractivity contribution in [2.24, 2.45) is 0 Å². The minimum absolute atomic E-state index is 0.0522. The van der Waals surface area contributed by atoms with Crippen LogP contribution in [0.4, 0.5) is 13.2 Å². The fourth-order valence-corrected chi connectivity index (χ4v) is 1.58. The van der Waals surface area contributed by atoms with E-state index in [1.165, 1.54) is 6.26 Å². The van der Waals surface area contributed by atoms with Gasteiger partial charge >= 0.3 is 6.18 Å². The second kappa shape index (κ2) is 5.36. The maximum atomic E-state index is 12.3. The van der Waals surface area contributed by atoms with Crippen molar-refractivity contribution in [3.8, 4) is 0 Å². The van der Waals surface area contributed by atoms with E-state index in [4.69, 9.17) is 4.42 Å². The molecule has 2 rings (SSSR count). The van der Waals surface area contributed by atoms with Gasteiger partial charge in [-0.25, -0.2) is 0 Å². The van der Waals surface area contributed by atoms with Crippen molar-refractivity contribution in [2.75, 3.05) is 0 Å². The molecular weight excluding hydrogens is 273 g/mol. The summed E-state index contributed by atoms with van der Waals surface area (Å²) in [7, 11) is 0. The molecule has 106 valence electrons. The lowest BCUT2D eigenvalue weighted by Gasteiger charge is -2.11. The molecule has 4 nitrogen and oxygen atoms in total. The SMILES string of the molecule is C[C@@H](NC(=O)c1ccc(C(F)(F)F)nc1)c1ccco1. The quantitative estimate of drug-likeness (QED) is 0.941. The summed E-state index contributed by atoms with van der Waals surface area (Å²) in [6, 6.07) is 4.83. The van der Waals surface area contributed by atoms with Crippen molar-refractivity contribution in [1.82, 2.24) is 10.3 Å². The Hall–Kier alpha value is -2.31. The van der Waals surface area contributed by atoms with Crippen LogP contribution < -0.4 is 5.32 Å². The number of pyridine rings is 1. The third-order valence-corrected chi connectivity index (χ3v) is 2.63. The lowest BCUT2D eigenvalue weighted by Crippen LogP contribution is -2.26. The predicted molar refractivity (Wildman–Crippen MR) is 63.8 cm³/mol. The fourth-order valence-electron chi connectivity index (χ4n) is 1.58. The Bertz CT molecular complexity index is 577. The molecule has 0 aliphatic rings. The van der Waals surface area contributed by atoms with Gasteiger partial charge in [0.15, 0.2) is 0 Å². The molecule has 1 amide bonds. The van der Waals surface area contributed by atoms with Crippen molar-refractivity contribution in [1.29, 1.82) is 0 Å². The van der Waals surface area contributed by atoms with E-state index in [-0.39, 0.29) is 11.6 Å². The van der Waals surface area contributed by atoms with Crippen LogP contribution in [0, 0.1) is 0 Å². The minimum Gasteiger partial charge on any atom is -0.467 e. The second-order valence-corrected chi connectivity index (χ2v) is 4.14. The number of alkyl halides is 3. The van der Waals surface area contributed by atoms with Gasteiger partial charge in [0.25, 0.3) is 5.91 Å². The van der Waals surface area contributed by atoms with Crippen molar-refractivity contribution in [2.45, 2.75) is 19.1 Å². The highest BCUT2D eigenvalue weighted by molar-refractivity contribution is 5.94. The monoisotopic (exact) mass is 284 g/mol. The third kappa shape index (κ3) is 3.17. The van der Waals surface area contributed by atoms with Crippen LogP contribution in [0.3, 0.4) is 0 Å². The van der Waals surface area contributed by atoms with E-state index in [0.29, 0.717) is 5.76 Å². The molecule has 0 fully saturated rings. The predicted octanol–water partition coefficient (Wildman–Crippen LogP) is 3.18. The van der Waals surface area contributed by atoms with Crippen LogP contribution in [0.2, 0.25) is 0 Å². The molecule has 2 heterocycles. The Morgan fingerprint density at radius 1 is 1.35 bits per heavy atom. The van der Waals surface area contributed by atoms with Gasteiger partial charge in [0.2, 0.25) is 0 Å². The molecule has 0 aliphatic carbocycles. The number of aromatic nitrogens is 1. The first-order chi connectivity index (χ1) is 9.38. The summed E-state index contributed by atoms with van der Waals surface area (Å²) in [6.45, 7) is 1.70. The van der Waals surface area contributed by atoms with E-state index in [1.807, 2.05) is 0 Å². The van der Waals surface area contributed by atoms with Gasteiger partial charge in [-0.3, -0.25) is 9.78 Å². The topological polar surface area (TPSA) is 55.1 Å². The molecule has 1 N–H and O–H groups in total. The van der Waals surface area contributed by atoms with Crippen LogP contribution in [0.5, 0.6) is 0 Å². The van der Waals surface area contributed by atoms with Gasteiger partial charge in [-0.15, -0.1) is 0 Å². The van der Waals surface area contributed by atoms with Gasteiger partial charge in [-0.2, -0.15) is 13.2 Å². The van der Waals surface area contributed by atoms with Crippen LogP contribution in [-0.4, -0.2) is 10.9 Å². The van der Waals surface area contributed by atoms with Gasteiger partial charge < -0.3 is 9.73 Å². The minimum atomic E-state index is -4.52. The Balaban J connectivity index is 2.06. The molecule has 2 aromatic heterocycles. The molecule has 0 unspecified atom stereocenters. The lowest BCUT2D eigenvalue weighted by atomic mass is 10.2. The Kier molecular flexibility index (Phi) is 3.78. The number of carbonyl (C=O) groups excluding carboxylic acids is 1.